The van der Waals surface area contributed by atoms with Crippen LogP contribution in [0.4, 0.5) is 0 Å². The first-order chi connectivity index (χ1) is 10.8. The van der Waals surface area contributed by atoms with E-state index in [1.807, 2.05) is 61.0 Å². The smallest absolute Gasteiger partial charge is 0.265 e. The van der Waals surface area contributed by atoms with E-state index < -0.39 is 15.9 Å². The van der Waals surface area contributed by atoms with E-state index in [1.165, 1.54) is 11.8 Å². The van der Waals surface area contributed by atoms with E-state index in [0.717, 1.165) is 22.3 Å². The Labute approximate surface area is 153 Å². The highest BCUT2D eigenvalue weighted by atomic mass is 35.5. The van der Waals surface area contributed by atoms with E-state index in [2.05, 4.69) is 0 Å². The summed E-state index contributed by atoms with van der Waals surface area (Å²) in [5.41, 5.74) is 2.41. The van der Waals surface area contributed by atoms with Gasteiger partial charge >= 0.3 is 0 Å². The van der Waals surface area contributed by atoms with Crippen LogP contribution in [-0.2, 0) is 10.0 Å². The van der Waals surface area contributed by atoms with E-state index in [9.17, 15) is 13.2 Å². The molecular weight excluding hydrogens is 366 g/mol. The molecule has 2 aromatic rings. The number of carbonyl (C=O) groups excluding carboxylic acids is 1. The molecule has 4 nitrogen and oxygen atoms in total. The molecule has 2 rings (SSSR count). The Bertz CT molecular complexity index is 806. The Morgan fingerprint density at radius 1 is 1.04 bits per heavy atom. The van der Waals surface area contributed by atoms with Gasteiger partial charge in [0, 0.05) is 10.1 Å². The summed E-state index contributed by atoms with van der Waals surface area (Å²) in [4.78, 5) is 13.0. The number of carbonyl (C=O) groups is 1. The summed E-state index contributed by atoms with van der Waals surface area (Å²) in [5, 5.41) is 0.269. The lowest BCUT2D eigenvalue weighted by atomic mass is 10.0. The molecule has 1 N–H and O–H groups in total. The van der Waals surface area contributed by atoms with Gasteiger partial charge in [-0.2, -0.15) is 0 Å². The average molecular weight is 386 g/mol. The third-order valence-corrected chi connectivity index (χ3v) is 4.59. The number of nitrogens with one attached hydrogen (secondary N) is 1. The highest BCUT2D eigenvalue weighted by Gasteiger charge is 2.17. The van der Waals surface area contributed by atoms with Crippen LogP contribution in [0, 0.1) is 0 Å². The van der Waals surface area contributed by atoms with Crippen molar-refractivity contribution < 1.29 is 13.2 Å². The first kappa shape index (κ1) is 20.5. The molecule has 0 unspecified atom stereocenters. The Kier molecular flexibility index (Phi) is 7.32. The molecule has 0 saturated carbocycles. The van der Waals surface area contributed by atoms with E-state index in [-0.39, 0.29) is 17.7 Å². The quantitative estimate of drug-likeness (QED) is 0.791. The summed E-state index contributed by atoms with van der Waals surface area (Å²) in [5.74, 6) is -0.602. The summed E-state index contributed by atoms with van der Waals surface area (Å²) in [6.45, 7) is 4.05. The normalized spacial score (nSPS) is 11.0. The standard InChI is InChI=1S/C17H19NO3S2.ClH/c1-12(2)22-16-11-14(13-7-5-4-6-8-13)9-10-15(16)17(19)18-23(3,20)21;/h4-12H,1-3H3,(H,18,19);1H. The van der Waals surface area contributed by atoms with Crippen LogP contribution in [0.3, 0.4) is 0 Å². The maximum atomic E-state index is 12.2. The first-order valence-electron chi connectivity index (χ1n) is 7.14. The Balaban J connectivity index is 0.00000288. The highest BCUT2D eigenvalue weighted by Crippen LogP contribution is 2.31. The van der Waals surface area contributed by atoms with Gasteiger partial charge in [-0.25, -0.2) is 13.1 Å². The van der Waals surface area contributed by atoms with Crippen molar-refractivity contribution in [2.45, 2.75) is 24.0 Å². The maximum Gasteiger partial charge on any atom is 0.265 e. The maximum absolute atomic E-state index is 12.2. The number of benzene rings is 2. The molecule has 0 heterocycles. The van der Waals surface area contributed by atoms with Crippen molar-refractivity contribution in [2.75, 3.05) is 6.26 Å². The minimum Gasteiger partial charge on any atom is -0.268 e. The van der Waals surface area contributed by atoms with E-state index in [1.54, 1.807) is 6.07 Å². The first-order valence-corrected chi connectivity index (χ1v) is 9.91. The zero-order valence-electron chi connectivity index (χ0n) is 13.6. The van der Waals surface area contributed by atoms with Gasteiger partial charge in [-0.05, 0) is 23.3 Å². The second kappa shape index (κ2) is 8.55. The SMILES string of the molecule is CC(C)Sc1cc(-c2ccccc2)ccc1C(=O)NS(C)(=O)=O.Cl. The molecule has 0 spiro atoms. The minimum absolute atomic E-state index is 0. The van der Waals surface area contributed by atoms with E-state index in [0.29, 0.717) is 5.56 Å². The number of halogens is 1. The zero-order chi connectivity index (χ0) is 17.0. The van der Waals surface area contributed by atoms with Crippen LogP contribution in [0.2, 0.25) is 0 Å². The minimum atomic E-state index is -3.59. The summed E-state index contributed by atoms with van der Waals surface area (Å²) < 4.78 is 24.6. The predicted molar refractivity (Wildman–Crippen MR) is 102 cm³/mol. The number of amides is 1. The van der Waals surface area contributed by atoms with Crippen LogP contribution < -0.4 is 4.72 Å². The Morgan fingerprint density at radius 3 is 2.21 bits per heavy atom. The zero-order valence-corrected chi connectivity index (χ0v) is 16.1. The third-order valence-electron chi connectivity index (χ3n) is 2.97. The van der Waals surface area contributed by atoms with Crippen molar-refractivity contribution in [3.8, 4) is 11.1 Å². The second-order valence-electron chi connectivity index (χ2n) is 5.45. The number of thioether (sulfide) groups is 1. The van der Waals surface area contributed by atoms with Gasteiger partial charge in [0.2, 0.25) is 10.0 Å². The largest absolute Gasteiger partial charge is 0.268 e. The molecule has 0 aromatic heterocycles. The van der Waals surface area contributed by atoms with Crippen LogP contribution in [0.15, 0.2) is 53.4 Å². The number of hydrogen-bond donors (Lipinski definition) is 1. The number of rotatable bonds is 5. The van der Waals surface area contributed by atoms with Crippen LogP contribution in [0.1, 0.15) is 24.2 Å². The molecule has 7 heteroatoms. The number of hydrogen-bond acceptors (Lipinski definition) is 4. The highest BCUT2D eigenvalue weighted by molar-refractivity contribution is 8.00. The lowest BCUT2D eigenvalue weighted by Gasteiger charge is -2.13. The van der Waals surface area contributed by atoms with Crippen LogP contribution in [0.25, 0.3) is 11.1 Å². The summed E-state index contributed by atoms with van der Waals surface area (Å²) >= 11 is 1.53. The van der Waals surface area contributed by atoms with Crippen molar-refractivity contribution in [1.29, 1.82) is 0 Å². The molecule has 0 atom stereocenters. The fourth-order valence-corrected chi connectivity index (χ4v) is 3.53. The molecule has 0 bridgehead atoms. The van der Waals surface area contributed by atoms with Crippen LogP contribution in [0.5, 0.6) is 0 Å². The van der Waals surface area contributed by atoms with Crippen molar-refractivity contribution in [1.82, 2.24) is 4.72 Å². The summed E-state index contributed by atoms with van der Waals surface area (Å²) in [7, 11) is -3.59. The molecule has 0 fully saturated rings. The lowest BCUT2D eigenvalue weighted by molar-refractivity contribution is 0.0979. The molecule has 0 aliphatic carbocycles. The van der Waals surface area contributed by atoms with E-state index >= 15 is 0 Å². The molecule has 130 valence electrons. The van der Waals surface area contributed by atoms with Crippen molar-refractivity contribution >= 4 is 40.1 Å². The Morgan fingerprint density at radius 2 is 1.67 bits per heavy atom. The van der Waals surface area contributed by atoms with Crippen LogP contribution in [-0.4, -0.2) is 25.8 Å². The van der Waals surface area contributed by atoms with Gasteiger partial charge < -0.3 is 0 Å². The fraction of sp³-hybridized carbons (Fsp3) is 0.235. The lowest BCUT2D eigenvalue weighted by Crippen LogP contribution is -2.29. The van der Waals surface area contributed by atoms with Gasteiger partial charge in [0.05, 0.1) is 11.8 Å². The fourth-order valence-electron chi connectivity index (χ4n) is 2.09. The average Bonchev–Trinajstić information content (AvgIpc) is 2.45. The summed E-state index contributed by atoms with van der Waals surface area (Å²) in [6.07, 6.45) is 0.971. The van der Waals surface area contributed by atoms with Gasteiger partial charge in [0.1, 0.15) is 0 Å². The third kappa shape index (κ3) is 5.85. The number of sulfonamides is 1. The molecule has 1 amide bonds. The van der Waals surface area contributed by atoms with Crippen molar-refractivity contribution in [3.63, 3.8) is 0 Å². The van der Waals surface area contributed by atoms with Crippen LogP contribution >= 0.6 is 24.2 Å². The molecule has 0 aliphatic rings. The monoisotopic (exact) mass is 385 g/mol. The van der Waals surface area contributed by atoms with Gasteiger partial charge in [-0.1, -0.05) is 50.2 Å². The van der Waals surface area contributed by atoms with E-state index in [4.69, 9.17) is 0 Å². The topological polar surface area (TPSA) is 63.2 Å². The van der Waals surface area contributed by atoms with Crippen molar-refractivity contribution in [3.05, 3.63) is 54.1 Å². The van der Waals surface area contributed by atoms with Gasteiger partial charge in [0.25, 0.3) is 5.91 Å². The molecular formula is C17H20ClNO3S2. The molecule has 2 aromatic carbocycles. The Hall–Kier alpha value is -1.50. The second-order valence-corrected chi connectivity index (χ2v) is 8.81. The molecule has 0 radical (unpaired) electrons. The van der Waals surface area contributed by atoms with Gasteiger partial charge in [0.15, 0.2) is 0 Å². The summed E-state index contributed by atoms with van der Waals surface area (Å²) in [6, 6.07) is 15.3. The van der Waals surface area contributed by atoms with Crippen molar-refractivity contribution in [2.24, 2.45) is 0 Å². The molecule has 0 saturated heterocycles. The van der Waals surface area contributed by atoms with Gasteiger partial charge in [-0.3, -0.25) is 4.79 Å². The van der Waals surface area contributed by atoms with Gasteiger partial charge in [-0.15, -0.1) is 24.2 Å². The molecule has 24 heavy (non-hydrogen) atoms. The predicted octanol–water partition coefficient (Wildman–Crippen LogP) is 3.97. The molecule has 0 aliphatic heterocycles.